The van der Waals surface area contributed by atoms with Gasteiger partial charge in [-0.15, -0.1) is 0 Å². The zero-order valence-electron chi connectivity index (χ0n) is 7.81. The highest BCUT2D eigenvalue weighted by atomic mass is 19.4. The van der Waals surface area contributed by atoms with Gasteiger partial charge in [-0.2, -0.15) is 13.2 Å². The van der Waals surface area contributed by atoms with Gasteiger partial charge in [0.25, 0.3) is 0 Å². The van der Waals surface area contributed by atoms with Gasteiger partial charge in [-0.25, -0.2) is 4.39 Å². The number of halogens is 4. The first kappa shape index (κ1) is 10.9. The molecule has 86 valence electrons. The van der Waals surface area contributed by atoms with Gasteiger partial charge in [-0.05, 0) is 18.2 Å². The fourth-order valence-corrected chi connectivity index (χ4v) is 1.47. The van der Waals surface area contributed by atoms with Crippen LogP contribution in [-0.2, 0) is 12.8 Å². The number of hydrogen-bond acceptors (Lipinski definition) is 2. The van der Waals surface area contributed by atoms with Gasteiger partial charge in [0.15, 0.2) is 11.4 Å². The number of fused-ring (bicyclic) bond motifs is 1. The molecule has 0 unspecified atom stereocenters. The molecule has 0 aliphatic heterocycles. The maximum atomic E-state index is 13.2. The maximum Gasteiger partial charge on any atom is 0.417 e. The number of hydrogen-bond donors (Lipinski definition) is 1. The quantitative estimate of drug-likeness (QED) is 0.769. The molecule has 0 spiro atoms. The molecule has 0 fully saturated rings. The van der Waals surface area contributed by atoms with Crippen LogP contribution in [0.1, 0.15) is 11.3 Å². The standard InChI is InChI=1S/C10H6F4O2/c11-8-2-1-7(10(12,13)14)6-3-5(4-15)16-9(6)8/h1-3,15H,4H2. The fraction of sp³-hybridized carbons (Fsp3) is 0.200. The Morgan fingerprint density at radius 3 is 2.50 bits per heavy atom. The zero-order chi connectivity index (χ0) is 11.9. The summed E-state index contributed by atoms with van der Waals surface area (Å²) in [7, 11) is 0. The monoisotopic (exact) mass is 234 g/mol. The van der Waals surface area contributed by atoms with E-state index < -0.39 is 29.7 Å². The first-order valence-electron chi connectivity index (χ1n) is 4.32. The predicted octanol–water partition coefficient (Wildman–Crippen LogP) is 3.08. The van der Waals surface area contributed by atoms with E-state index in [0.717, 1.165) is 6.07 Å². The Morgan fingerprint density at radius 2 is 1.94 bits per heavy atom. The van der Waals surface area contributed by atoms with E-state index in [4.69, 9.17) is 9.52 Å². The molecule has 0 aliphatic rings. The number of alkyl halides is 3. The van der Waals surface area contributed by atoms with Crippen LogP contribution in [0.5, 0.6) is 0 Å². The molecular formula is C10H6F4O2. The molecule has 16 heavy (non-hydrogen) atoms. The van der Waals surface area contributed by atoms with Crippen molar-refractivity contribution in [3.8, 4) is 0 Å². The van der Waals surface area contributed by atoms with E-state index in [1.54, 1.807) is 0 Å². The van der Waals surface area contributed by atoms with E-state index in [0.29, 0.717) is 12.1 Å². The van der Waals surface area contributed by atoms with Crippen molar-refractivity contribution < 1.29 is 27.1 Å². The normalized spacial score (nSPS) is 12.3. The molecule has 1 N–H and O–H groups in total. The van der Waals surface area contributed by atoms with Gasteiger partial charge in [-0.1, -0.05) is 0 Å². The Balaban J connectivity index is 2.77. The average Bonchev–Trinajstić information content (AvgIpc) is 2.60. The Labute approximate surface area is 87.1 Å². The smallest absolute Gasteiger partial charge is 0.417 e. The Hall–Kier alpha value is -1.56. The van der Waals surface area contributed by atoms with Crippen molar-refractivity contribution in [3.63, 3.8) is 0 Å². The van der Waals surface area contributed by atoms with E-state index in [-0.39, 0.29) is 11.1 Å². The van der Waals surface area contributed by atoms with E-state index in [1.165, 1.54) is 0 Å². The summed E-state index contributed by atoms with van der Waals surface area (Å²) in [5.74, 6) is -0.992. The molecule has 2 rings (SSSR count). The first-order valence-corrected chi connectivity index (χ1v) is 4.32. The highest BCUT2D eigenvalue weighted by Gasteiger charge is 2.34. The molecule has 0 saturated carbocycles. The highest BCUT2D eigenvalue weighted by Crippen LogP contribution is 2.36. The second-order valence-electron chi connectivity index (χ2n) is 3.21. The fourth-order valence-electron chi connectivity index (χ4n) is 1.47. The molecular weight excluding hydrogens is 228 g/mol. The molecule has 0 aliphatic carbocycles. The third-order valence-corrected chi connectivity index (χ3v) is 2.15. The van der Waals surface area contributed by atoms with Crippen molar-refractivity contribution in [1.29, 1.82) is 0 Å². The third-order valence-electron chi connectivity index (χ3n) is 2.15. The summed E-state index contributed by atoms with van der Waals surface area (Å²) in [6.07, 6.45) is -4.58. The van der Waals surface area contributed by atoms with Crippen LogP contribution < -0.4 is 0 Å². The molecule has 0 amide bonds. The Bertz CT molecular complexity index is 527. The molecule has 0 bridgehead atoms. The van der Waals surface area contributed by atoms with Crippen LogP contribution in [0, 0.1) is 5.82 Å². The van der Waals surface area contributed by atoms with Crippen LogP contribution in [0.2, 0.25) is 0 Å². The van der Waals surface area contributed by atoms with Crippen LogP contribution in [-0.4, -0.2) is 5.11 Å². The molecule has 1 aromatic carbocycles. The largest absolute Gasteiger partial charge is 0.456 e. The summed E-state index contributed by atoms with van der Waals surface area (Å²) >= 11 is 0. The first-order chi connectivity index (χ1) is 7.43. The van der Waals surface area contributed by atoms with Gasteiger partial charge in [0, 0.05) is 5.39 Å². The van der Waals surface area contributed by atoms with Crippen molar-refractivity contribution in [3.05, 3.63) is 35.3 Å². The molecule has 0 atom stereocenters. The summed E-state index contributed by atoms with van der Waals surface area (Å²) in [4.78, 5) is 0. The second-order valence-corrected chi connectivity index (χ2v) is 3.21. The number of aliphatic hydroxyl groups is 1. The van der Waals surface area contributed by atoms with Gasteiger partial charge in [0.1, 0.15) is 12.4 Å². The summed E-state index contributed by atoms with van der Waals surface area (Å²) in [6, 6.07) is 2.32. The summed E-state index contributed by atoms with van der Waals surface area (Å²) in [6.45, 7) is -0.578. The van der Waals surface area contributed by atoms with Crippen LogP contribution in [0.15, 0.2) is 22.6 Å². The van der Waals surface area contributed by atoms with E-state index in [1.807, 2.05) is 0 Å². The van der Waals surface area contributed by atoms with E-state index in [2.05, 4.69) is 0 Å². The minimum atomic E-state index is -4.58. The molecule has 1 heterocycles. The van der Waals surface area contributed by atoms with Gasteiger partial charge in [0.05, 0.1) is 5.56 Å². The van der Waals surface area contributed by atoms with Gasteiger partial charge < -0.3 is 9.52 Å². The lowest BCUT2D eigenvalue weighted by Gasteiger charge is -2.06. The average molecular weight is 234 g/mol. The molecule has 1 aromatic heterocycles. The van der Waals surface area contributed by atoms with Crippen LogP contribution >= 0.6 is 0 Å². The number of benzene rings is 1. The lowest BCUT2D eigenvalue weighted by molar-refractivity contribution is -0.136. The molecule has 0 radical (unpaired) electrons. The SMILES string of the molecule is OCc1cc2c(C(F)(F)F)ccc(F)c2o1. The molecule has 2 aromatic rings. The van der Waals surface area contributed by atoms with Gasteiger partial charge in [0.2, 0.25) is 0 Å². The van der Waals surface area contributed by atoms with E-state index >= 15 is 0 Å². The minimum absolute atomic E-state index is 0.106. The lowest BCUT2D eigenvalue weighted by atomic mass is 10.1. The van der Waals surface area contributed by atoms with Crippen molar-refractivity contribution in [1.82, 2.24) is 0 Å². The second kappa shape index (κ2) is 3.48. The topological polar surface area (TPSA) is 33.4 Å². The van der Waals surface area contributed by atoms with Crippen molar-refractivity contribution in [2.45, 2.75) is 12.8 Å². The number of aliphatic hydroxyl groups excluding tert-OH is 1. The summed E-state index contributed by atoms with van der Waals surface area (Å²) in [5.41, 5.74) is -1.47. The van der Waals surface area contributed by atoms with E-state index in [9.17, 15) is 17.6 Å². The lowest BCUT2D eigenvalue weighted by Crippen LogP contribution is -2.05. The van der Waals surface area contributed by atoms with Crippen LogP contribution in [0.3, 0.4) is 0 Å². The predicted molar refractivity (Wildman–Crippen MR) is 47.1 cm³/mol. The molecule has 6 heteroatoms. The maximum absolute atomic E-state index is 13.2. The molecule has 2 nitrogen and oxygen atoms in total. The Kier molecular flexibility index (Phi) is 2.38. The van der Waals surface area contributed by atoms with Crippen LogP contribution in [0.25, 0.3) is 11.0 Å². The van der Waals surface area contributed by atoms with Gasteiger partial charge >= 0.3 is 6.18 Å². The minimum Gasteiger partial charge on any atom is -0.456 e. The van der Waals surface area contributed by atoms with Crippen molar-refractivity contribution in [2.75, 3.05) is 0 Å². The Morgan fingerprint density at radius 1 is 1.25 bits per heavy atom. The summed E-state index contributed by atoms with van der Waals surface area (Å²) in [5, 5.41) is 8.35. The number of rotatable bonds is 1. The zero-order valence-corrected chi connectivity index (χ0v) is 7.81. The number of furan rings is 1. The molecule has 0 saturated heterocycles. The third kappa shape index (κ3) is 1.65. The van der Waals surface area contributed by atoms with Crippen LogP contribution in [0.4, 0.5) is 17.6 Å². The van der Waals surface area contributed by atoms with Crippen molar-refractivity contribution in [2.24, 2.45) is 0 Å². The van der Waals surface area contributed by atoms with Gasteiger partial charge in [-0.3, -0.25) is 0 Å². The van der Waals surface area contributed by atoms with Crippen molar-refractivity contribution >= 4 is 11.0 Å². The summed E-state index contributed by atoms with van der Waals surface area (Å²) < 4.78 is 55.5. The highest BCUT2D eigenvalue weighted by molar-refractivity contribution is 5.82.